The topological polar surface area (TPSA) is 12.0 Å². The lowest BCUT2D eigenvalue weighted by Gasteiger charge is -2.20. The van der Waals surface area contributed by atoms with Crippen molar-refractivity contribution in [1.82, 2.24) is 5.32 Å². The van der Waals surface area contributed by atoms with Crippen LogP contribution < -0.4 is 5.32 Å². The summed E-state index contributed by atoms with van der Waals surface area (Å²) in [6, 6.07) is -0.922. The lowest BCUT2D eigenvalue weighted by molar-refractivity contribution is 0.347. The highest BCUT2D eigenvalue weighted by molar-refractivity contribution is 5.27. The molecule has 1 aromatic carbocycles. The molecule has 1 unspecified atom stereocenters. The maximum Gasteiger partial charge on any atom is 0.200 e. The monoisotopic (exact) mass is 267 g/mol. The number of halogens is 5. The summed E-state index contributed by atoms with van der Waals surface area (Å²) < 4.78 is 66.0. The van der Waals surface area contributed by atoms with Gasteiger partial charge in [0.05, 0.1) is 0 Å². The van der Waals surface area contributed by atoms with Gasteiger partial charge in [0.1, 0.15) is 0 Å². The molecule has 0 bridgehead atoms. The Bertz CT molecular complexity index is 416. The van der Waals surface area contributed by atoms with Crippen molar-refractivity contribution in [3.63, 3.8) is 0 Å². The van der Waals surface area contributed by atoms with Crippen LogP contribution in [0.15, 0.2) is 0 Å². The van der Waals surface area contributed by atoms with Crippen LogP contribution in [0, 0.1) is 35.0 Å². The van der Waals surface area contributed by atoms with E-state index >= 15 is 0 Å². The second-order valence-electron chi connectivity index (χ2n) is 4.45. The summed E-state index contributed by atoms with van der Waals surface area (Å²) in [6.45, 7) is 3.58. The van der Waals surface area contributed by atoms with Gasteiger partial charge in [-0.25, -0.2) is 22.0 Å². The van der Waals surface area contributed by atoms with Gasteiger partial charge in [0, 0.05) is 11.6 Å². The Morgan fingerprint density at radius 3 is 1.56 bits per heavy atom. The molecule has 1 aromatic rings. The molecule has 0 heterocycles. The molecule has 0 fully saturated rings. The molecule has 0 amide bonds. The summed E-state index contributed by atoms with van der Waals surface area (Å²) in [5.74, 6) is -9.45. The Morgan fingerprint density at radius 1 is 0.833 bits per heavy atom. The van der Waals surface area contributed by atoms with Gasteiger partial charge >= 0.3 is 0 Å². The molecule has 0 aliphatic rings. The molecule has 102 valence electrons. The van der Waals surface area contributed by atoms with E-state index in [2.05, 4.69) is 5.32 Å². The minimum Gasteiger partial charge on any atom is -0.313 e. The normalized spacial score (nSPS) is 13.2. The first kappa shape index (κ1) is 14.9. The van der Waals surface area contributed by atoms with Gasteiger partial charge in [-0.3, -0.25) is 0 Å². The maximum atomic E-state index is 13.5. The third-order valence-corrected chi connectivity index (χ3v) is 2.65. The molecule has 0 spiro atoms. The minimum atomic E-state index is -2.13. The van der Waals surface area contributed by atoms with Gasteiger partial charge in [0.2, 0.25) is 5.82 Å². The third kappa shape index (κ3) is 2.63. The molecule has 0 radical (unpaired) electrons. The predicted octanol–water partition coefficient (Wildman–Crippen LogP) is 3.69. The molecule has 0 aromatic heterocycles. The van der Waals surface area contributed by atoms with Crippen molar-refractivity contribution in [2.45, 2.75) is 26.3 Å². The van der Waals surface area contributed by atoms with E-state index in [0.29, 0.717) is 0 Å². The first-order valence-corrected chi connectivity index (χ1v) is 5.49. The summed E-state index contributed by atoms with van der Waals surface area (Å²) in [5.41, 5.74) is -0.803. The van der Waals surface area contributed by atoms with Gasteiger partial charge in [-0.15, -0.1) is 0 Å². The van der Waals surface area contributed by atoms with Crippen molar-refractivity contribution in [2.24, 2.45) is 5.92 Å². The van der Waals surface area contributed by atoms with Gasteiger partial charge in [0.25, 0.3) is 0 Å². The Hall–Kier alpha value is -1.17. The fourth-order valence-electron chi connectivity index (χ4n) is 1.78. The van der Waals surface area contributed by atoms with Crippen molar-refractivity contribution in [3.05, 3.63) is 34.6 Å². The van der Waals surface area contributed by atoms with E-state index in [4.69, 9.17) is 0 Å². The molecule has 1 rings (SSSR count). The Kier molecular flexibility index (Phi) is 4.67. The number of benzene rings is 1. The molecule has 6 heteroatoms. The average molecular weight is 267 g/mol. The van der Waals surface area contributed by atoms with E-state index in [1.54, 1.807) is 13.8 Å². The lowest BCUT2D eigenvalue weighted by Crippen LogP contribution is -2.23. The number of hydrogen-bond acceptors (Lipinski definition) is 1. The SMILES string of the molecule is CNC(CC(C)C)c1c(F)c(F)c(F)c(F)c1F. The second-order valence-corrected chi connectivity index (χ2v) is 4.45. The van der Waals surface area contributed by atoms with Crippen LogP contribution in [-0.4, -0.2) is 7.05 Å². The zero-order chi connectivity index (χ0) is 14.0. The van der Waals surface area contributed by atoms with Gasteiger partial charge in [-0.2, -0.15) is 0 Å². The first-order valence-electron chi connectivity index (χ1n) is 5.49. The second kappa shape index (κ2) is 5.65. The Morgan fingerprint density at radius 2 is 1.22 bits per heavy atom. The van der Waals surface area contributed by atoms with E-state index in [-0.39, 0.29) is 12.3 Å². The first-order chi connectivity index (χ1) is 8.31. The molecule has 1 nitrogen and oxygen atoms in total. The molecule has 18 heavy (non-hydrogen) atoms. The predicted molar refractivity (Wildman–Crippen MR) is 57.5 cm³/mol. The smallest absolute Gasteiger partial charge is 0.200 e. The molecule has 0 saturated heterocycles. The Balaban J connectivity index is 3.39. The van der Waals surface area contributed by atoms with Crippen LogP contribution in [0.4, 0.5) is 22.0 Å². The number of nitrogens with one attached hydrogen (secondary N) is 1. The van der Waals surface area contributed by atoms with Crippen LogP contribution >= 0.6 is 0 Å². The van der Waals surface area contributed by atoms with E-state index in [9.17, 15) is 22.0 Å². The van der Waals surface area contributed by atoms with Crippen LogP contribution in [0.25, 0.3) is 0 Å². The summed E-state index contributed by atoms with van der Waals surface area (Å²) in [5, 5.41) is 2.57. The van der Waals surface area contributed by atoms with Gasteiger partial charge in [0.15, 0.2) is 23.3 Å². The zero-order valence-electron chi connectivity index (χ0n) is 10.3. The largest absolute Gasteiger partial charge is 0.313 e. The van der Waals surface area contributed by atoms with Crippen LogP contribution in [0.3, 0.4) is 0 Å². The van der Waals surface area contributed by atoms with E-state index in [1.165, 1.54) is 7.05 Å². The quantitative estimate of drug-likeness (QED) is 0.498. The summed E-state index contributed by atoms with van der Waals surface area (Å²) in [6.07, 6.45) is 0.259. The highest BCUT2D eigenvalue weighted by atomic mass is 19.2. The van der Waals surface area contributed by atoms with Crippen LogP contribution in [0.1, 0.15) is 31.9 Å². The number of hydrogen-bond donors (Lipinski definition) is 1. The molecule has 1 N–H and O–H groups in total. The van der Waals surface area contributed by atoms with Crippen molar-refractivity contribution in [3.8, 4) is 0 Å². The molecular formula is C12H14F5N. The van der Waals surface area contributed by atoms with Crippen LogP contribution in [0.2, 0.25) is 0 Å². The van der Waals surface area contributed by atoms with E-state index < -0.39 is 40.7 Å². The summed E-state index contributed by atoms with van der Waals surface area (Å²) >= 11 is 0. The van der Waals surface area contributed by atoms with Crippen LogP contribution in [0.5, 0.6) is 0 Å². The highest BCUT2D eigenvalue weighted by Gasteiger charge is 2.29. The fraction of sp³-hybridized carbons (Fsp3) is 0.500. The molecule has 1 atom stereocenters. The van der Waals surface area contributed by atoms with Crippen molar-refractivity contribution < 1.29 is 22.0 Å². The fourth-order valence-corrected chi connectivity index (χ4v) is 1.78. The van der Waals surface area contributed by atoms with E-state index in [1.807, 2.05) is 0 Å². The Labute approximate surface area is 102 Å². The molecular weight excluding hydrogens is 253 g/mol. The third-order valence-electron chi connectivity index (χ3n) is 2.65. The van der Waals surface area contributed by atoms with Crippen molar-refractivity contribution >= 4 is 0 Å². The van der Waals surface area contributed by atoms with Crippen LogP contribution in [-0.2, 0) is 0 Å². The number of rotatable bonds is 4. The van der Waals surface area contributed by atoms with Gasteiger partial charge in [-0.1, -0.05) is 13.8 Å². The standard InChI is InChI=1S/C12H14F5N/c1-5(2)4-6(18-3)7-8(13)10(15)12(17)11(16)9(7)14/h5-6,18H,4H2,1-3H3. The average Bonchev–Trinajstić information content (AvgIpc) is 2.32. The highest BCUT2D eigenvalue weighted by Crippen LogP contribution is 2.30. The summed E-state index contributed by atoms with van der Waals surface area (Å²) in [4.78, 5) is 0. The summed E-state index contributed by atoms with van der Waals surface area (Å²) in [7, 11) is 1.41. The van der Waals surface area contributed by atoms with Crippen molar-refractivity contribution in [1.29, 1.82) is 0 Å². The lowest BCUT2D eigenvalue weighted by atomic mass is 9.96. The maximum absolute atomic E-state index is 13.5. The van der Waals surface area contributed by atoms with Crippen molar-refractivity contribution in [2.75, 3.05) is 7.05 Å². The molecule has 0 aliphatic carbocycles. The minimum absolute atomic E-state index is 0.0393. The van der Waals surface area contributed by atoms with E-state index in [0.717, 1.165) is 0 Å². The molecule has 0 saturated carbocycles. The van der Waals surface area contributed by atoms with Gasteiger partial charge in [-0.05, 0) is 19.4 Å². The molecule has 0 aliphatic heterocycles. The van der Waals surface area contributed by atoms with Gasteiger partial charge < -0.3 is 5.32 Å². The zero-order valence-corrected chi connectivity index (χ0v) is 10.3.